The summed E-state index contributed by atoms with van der Waals surface area (Å²) < 4.78 is 38.5. The van der Waals surface area contributed by atoms with Gasteiger partial charge in [-0.3, -0.25) is 4.79 Å². The summed E-state index contributed by atoms with van der Waals surface area (Å²) in [5, 5.41) is 9.61. The van der Waals surface area contributed by atoms with Crippen LogP contribution in [0.4, 0.5) is 13.2 Å². The topological polar surface area (TPSA) is 37.3 Å². The first-order valence-electron chi connectivity index (χ1n) is 6.52. The highest BCUT2D eigenvalue weighted by Gasteiger charge is 2.31. The molecule has 0 fully saturated rings. The number of alkyl halides is 3. The predicted octanol–water partition coefficient (Wildman–Crippen LogP) is 5.73. The molecule has 122 valence electrons. The molecule has 0 unspecified atom stereocenters. The number of benzene rings is 2. The van der Waals surface area contributed by atoms with E-state index in [-0.39, 0.29) is 10.9 Å². The minimum Gasteiger partial charge on any atom is -0.481 e. The Hall–Kier alpha value is -1.53. The van der Waals surface area contributed by atoms with Gasteiger partial charge in [-0.2, -0.15) is 13.2 Å². The number of carboxylic acids is 1. The highest BCUT2D eigenvalue weighted by molar-refractivity contribution is 9.10. The minimum absolute atomic E-state index is 0.216. The van der Waals surface area contributed by atoms with Gasteiger partial charge >= 0.3 is 12.1 Å². The van der Waals surface area contributed by atoms with Crippen molar-refractivity contribution in [2.75, 3.05) is 0 Å². The number of carbonyl (C=O) groups is 1. The molecule has 1 atom stereocenters. The van der Waals surface area contributed by atoms with Gasteiger partial charge in [-0.05, 0) is 35.4 Å². The van der Waals surface area contributed by atoms with E-state index < -0.39 is 23.6 Å². The molecule has 2 rings (SSSR count). The quantitative estimate of drug-likeness (QED) is 0.703. The second kappa shape index (κ2) is 6.93. The summed E-state index contributed by atoms with van der Waals surface area (Å²) in [5.41, 5.74) is 0.346. The van der Waals surface area contributed by atoms with Gasteiger partial charge in [-0.15, -0.1) is 0 Å². The first-order valence-corrected chi connectivity index (χ1v) is 7.69. The normalized spacial score (nSPS) is 12.9. The Labute approximate surface area is 144 Å². The highest BCUT2D eigenvalue weighted by atomic mass is 79.9. The van der Waals surface area contributed by atoms with E-state index in [1.807, 2.05) is 0 Å². The fourth-order valence-electron chi connectivity index (χ4n) is 2.26. The maximum absolute atomic E-state index is 12.7. The van der Waals surface area contributed by atoms with Crippen LogP contribution in [-0.2, 0) is 11.0 Å². The summed E-state index contributed by atoms with van der Waals surface area (Å²) in [6.45, 7) is 0. The Morgan fingerprint density at radius 3 is 2.26 bits per heavy atom. The monoisotopic (exact) mass is 406 g/mol. The van der Waals surface area contributed by atoms with E-state index in [2.05, 4.69) is 15.9 Å². The lowest BCUT2D eigenvalue weighted by atomic mass is 9.88. The number of rotatable bonds is 4. The van der Waals surface area contributed by atoms with Crippen LogP contribution in [0.5, 0.6) is 0 Å². The van der Waals surface area contributed by atoms with Gasteiger partial charge in [-0.25, -0.2) is 0 Å². The molecule has 0 radical (unpaired) electrons. The van der Waals surface area contributed by atoms with Crippen molar-refractivity contribution in [2.24, 2.45) is 0 Å². The van der Waals surface area contributed by atoms with Crippen molar-refractivity contribution < 1.29 is 23.1 Å². The van der Waals surface area contributed by atoms with Crippen LogP contribution in [0.2, 0.25) is 5.02 Å². The first-order chi connectivity index (χ1) is 10.7. The molecular weight excluding hydrogens is 397 g/mol. The Kier molecular flexibility index (Phi) is 5.37. The summed E-state index contributed by atoms with van der Waals surface area (Å²) in [6, 6.07) is 9.77. The third-order valence-electron chi connectivity index (χ3n) is 3.35. The fraction of sp³-hybridized carbons (Fsp3) is 0.188. The van der Waals surface area contributed by atoms with E-state index in [9.17, 15) is 18.0 Å². The molecule has 0 bridgehead atoms. The van der Waals surface area contributed by atoms with E-state index in [4.69, 9.17) is 16.7 Å². The second-order valence-electron chi connectivity index (χ2n) is 4.94. The lowest BCUT2D eigenvalue weighted by molar-refractivity contribution is -0.138. The van der Waals surface area contributed by atoms with Crippen LogP contribution in [0.15, 0.2) is 46.9 Å². The van der Waals surface area contributed by atoms with E-state index in [1.165, 1.54) is 6.07 Å². The predicted molar refractivity (Wildman–Crippen MR) is 84.7 cm³/mol. The highest BCUT2D eigenvalue weighted by Crippen LogP contribution is 2.37. The van der Waals surface area contributed by atoms with Gasteiger partial charge in [-0.1, -0.05) is 45.7 Å². The molecule has 0 heterocycles. The number of halogens is 5. The third kappa shape index (κ3) is 4.48. The van der Waals surface area contributed by atoms with Crippen molar-refractivity contribution in [3.8, 4) is 0 Å². The molecule has 2 aromatic rings. The summed E-state index contributed by atoms with van der Waals surface area (Å²) >= 11 is 8.94. The van der Waals surface area contributed by atoms with Gasteiger partial charge in [0.1, 0.15) is 0 Å². The molecule has 0 spiro atoms. The molecule has 0 aliphatic heterocycles. The summed E-state index contributed by atoms with van der Waals surface area (Å²) in [5.74, 6) is -1.63. The lowest BCUT2D eigenvalue weighted by Gasteiger charge is -2.19. The van der Waals surface area contributed by atoms with Crippen LogP contribution < -0.4 is 0 Å². The van der Waals surface area contributed by atoms with Crippen LogP contribution in [0, 0.1) is 0 Å². The standard InChI is InChI=1S/C16H11BrClF3O2/c17-14-7-10(16(19,20)21)3-6-12(14)13(8-15(22)23)9-1-4-11(18)5-2-9/h1-7,13H,8H2,(H,22,23)/t13-/m1/s1. The number of hydrogen-bond donors (Lipinski definition) is 1. The van der Waals surface area contributed by atoms with Crippen molar-refractivity contribution in [1.82, 2.24) is 0 Å². The molecular formula is C16H11BrClF3O2. The van der Waals surface area contributed by atoms with E-state index >= 15 is 0 Å². The van der Waals surface area contributed by atoms with E-state index in [0.717, 1.165) is 12.1 Å². The Morgan fingerprint density at radius 1 is 1.17 bits per heavy atom. The van der Waals surface area contributed by atoms with Crippen LogP contribution in [0.1, 0.15) is 29.0 Å². The van der Waals surface area contributed by atoms with Gasteiger partial charge in [0.25, 0.3) is 0 Å². The van der Waals surface area contributed by atoms with E-state index in [0.29, 0.717) is 16.1 Å². The smallest absolute Gasteiger partial charge is 0.416 e. The SMILES string of the molecule is O=C(O)C[C@H](c1ccc(Cl)cc1)c1ccc(C(F)(F)F)cc1Br. The third-order valence-corrected chi connectivity index (χ3v) is 4.29. The molecule has 1 N–H and O–H groups in total. The molecule has 7 heteroatoms. The average molecular weight is 408 g/mol. The van der Waals surface area contributed by atoms with Gasteiger partial charge < -0.3 is 5.11 Å². The van der Waals surface area contributed by atoms with Crippen molar-refractivity contribution in [3.63, 3.8) is 0 Å². The zero-order valence-electron chi connectivity index (χ0n) is 11.6. The Morgan fingerprint density at radius 2 is 1.78 bits per heavy atom. The van der Waals surface area contributed by atoms with Crippen molar-refractivity contribution in [1.29, 1.82) is 0 Å². The number of hydrogen-bond acceptors (Lipinski definition) is 1. The van der Waals surface area contributed by atoms with Crippen LogP contribution in [0.25, 0.3) is 0 Å². The maximum atomic E-state index is 12.7. The maximum Gasteiger partial charge on any atom is 0.416 e. The largest absolute Gasteiger partial charge is 0.481 e. The molecule has 23 heavy (non-hydrogen) atoms. The molecule has 0 saturated carbocycles. The Bertz CT molecular complexity index is 714. The molecule has 2 nitrogen and oxygen atoms in total. The van der Waals surface area contributed by atoms with Gasteiger partial charge in [0.05, 0.1) is 12.0 Å². The van der Waals surface area contributed by atoms with Gasteiger partial charge in [0, 0.05) is 15.4 Å². The minimum atomic E-state index is -4.45. The first kappa shape index (κ1) is 17.8. The van der Waals surface area contributed by atoms with Crippen molar-refractivity contribution in [2.45, 2.75) is 18.5 Å². The van der Waals surface area contributed by atoms with Crippen LogP contribution in [0.3, 0.4) is 0 Å². The van der Waals surface area contributed by atoms with Crippen molar-refractivity contribution in [3.05, 3.63) is 68.7 Å². The summed E-state index contributed by atoms with van der Waals surface area (Å²) in [7, 11) is 0. The zero-order valence-corrected chi connectivity index (χ0v) is 13.9. The van der Waals surface area contributed by atoms with E-state index in [1.54, 1.807) is 24.3 Å². The summed E-state index contributed by atoms with van der Waals surface area (Å²) in [6.07, 6.45) is -4.70. The van der Waals surface area contributed by atoms with Crippen molar-refractivity contribution >= 4 is 33.5 Å². The second-order valence-corrected chi connectivity index (χ2v) is 6.23. The van der Waals surface area contributed by atoms with Gasteiger partial charge in [0.15, 0.2) is 0 Å². The number of aliphatic carboxylic acids is 1. The molecule has 0 amide bonds. The van der Waals surface area contributed by atoms with Crippen LogP contribution in [-0.4, -0.2) is 11.1 Å². The molecule has 0 saturated heterocycles. The zero-order chi connectivity index (χ0) is 17.2. The molecule has 0 aliphatic rings. The molecule has 2 aromatic carbocycles. The lowest BCUT2D eigenvalue weighted by Crippen LogP contribution is -2.10. The van der Waals surface area contributed by atoms with Crippen LogP contribution >= 0.6 is 27.5 Å². The number of carboxylic acid groups (broad SMARTS) is 1. The Balaban J connectivity index is 2.47. The summed E-state index contributed by atoms with van der Waals surface area (Å²) in [4.78, 5) is 11.1. The van der Waals surface area contributed by atoms with Gasteiger partial charge in [0.2, 0.25) is 0 Å². The fourth-order valence-corrected chi connectivity index (χ4v) is 3.04. The molecule has 0 aromatic heterocycles. The average Bonchev–Trinajstić information content (AvgIpc) is 2.45. The molecule has 0 aliphatic carbocycles.